The number of hydrogen-bond acceptors (Lipinski definition) is 4. The lowest BCUT2D eigenvalue weighted by atomic mass is 9.78. The van der Waals surface area contributed by atoms with Crippen LogP contribution in [0.15, 0.2) is 0 Å². The number of carbonyl (C=O) groups excluding carboxylic acids is 2. The van der Waals surface area contributed by atoms with E-state index in [2.05, 4.69) is 0 Å². The van der Waals surface area contributed by atoms with Gasteiger partial charge >= 0.3 is 6.09 Å². The van der Waals surface area contributed by atoms with Crippen molar-refractivity contribution in [2.24, 2.45) is 5.41 Å². The number of nitrogens with zero attached hydrogens (tertiary/aromatic N) is 2. The maximum atomic E-state index is 12.5. The Kier molecular flexibility index (Phi) is 3.39. The van der Waals surface area contributed by atoms with E-state index in [0.29, 0.717) is 6.54 Å². The summed E-state index contributed by atoms with van der Waals surface area (Å²) in [4.78, 5) is 27.9. The number of rotatable bonds is 1. The molecule has 0 aliphatic carbocycles. The molecule has 6 nitrogen and oxygen atoms in total. The van der Waals surface area contributed by atoms with E-state index in [-0.39, 0.29) is 23.5 Å². The van der Waals surface area contributed by atoms with Gasteiger partial charge in [-0.1, -0.05) is 0 Å². The number of ether oxygens (including phenoxy) is 2. The summed E-state index contributed by atoms with van der Waals surface area (Å²) in [5, 5.41) is 0. The Hall–Kier alpha value is -1.30. The zero-order valence-electron chi connectivity index (χ0n) is 13.1. The molecule has 0 bridgehead atoms. The van der Waals surface area contributed by atoms with Gasteiger partial charge in [0.25, 0.3) is 0 Å². The Morgan fingerprint density at radius 3 is 2.48 bits per heavy atom. The highest BCUT2D eigenvalue weighted by atomic mass is 16.6. The van der Waals surface area contributed by atoms with Crippen LogP contribution in [0.4, 0.5) is 4.79 Å². The van der Waals surface area contributed by atoms with Crippen molar-refractivity contribution < 1.29 is 19.1 Å². The van der Waals surface area contributed by atoms with Crippen LogP contribution in [0.3, 0.4) is 0 Å². The normalized spacial score (nSPS) is 27.3. The number of likely N-dealkylation sites (tertiary alicyclic amines) is 2. The van der Waals surface area contributed by atoms with Crippen LogP contribution in [0, 0.1) is 5.41 Å². The largest absolute Gasteiger partial charge is 0.444 e. The molecule has 1 spiro atoms. The quantitative estimate of drug-likeness (QED) is 0.730. The first-order valence-electron chi connectivity index (χ1n) is 7.66. The Labute approximate surface area is 125 Å². The minimum Gasteiger partial charge on any atom is -0.444 e. The molecule has 3 fully saturated rings. The Bertz CT molecular complexity index is 443. The molecule has 3 heterocycles. The second-order valence-corrected chi connectivity index (χ2v) is 7.48. The average Bonchev–Trinajstić information content (AvgIpc) is 2.70. The van der Waals surface area contributed by atoms with E-state index in [4.69, 9.17) is 9.47 Å². The zero-order chi connectivity index (χ0) is 15.3. The van der Waals surface area contributed by atoms with Gasteiger partial charge in [-0.25, -0.2) is 4.79 Å². The molecule has 3 aliphatic heterocycles. The molecule has 0 aromatic carbocycles. The number of hydrogen-bond donors (Lipinski definition) is 0. The maximum Gasteiger partial charge on any atom is 0.410 e. The molecule has 2 amide bonds. The Morgan fingerprint density at radius 1 is 1.29 bits per heavy atom. The molecular formula is C15H24N2O4. The SMILES string of the molecule is CC(C)(C)OC(=O)N1CC[C@@H]1C(=O)N1CC2(CCOC2)C1. The van der Waals surface area contributed by atoms with Crippen molar-refractivity contribution in [3.63, 3.8) is 0 Å². The summed E-state index contributed by atoms with van der Waals surface area (Å²) in [5.41, 5.74) is -0.335. The zero-order valence-corrected chi connectivity index (χ0v) is 13.1. The van der Waals surface area contributed by atoms with Crippen LogP contribution in [0.2, 0.25) is 0 Å². The second kappa shape index (κ2) is 4.87. The van der Waals surface area contributed by atoms with Crippen molar-refractivity contribution in [3.05, 3.63) is 0 Å². The van der Waals surface area contributed by atoms with E-state index < -0.39 is 5.60 Å². The highest BCUT2D eigenvalue weighted by molar-refractivity contribution is 5.88. The molecule has 0 aromatic heterocycles. The third-order valence-electron chi connectivity index (χ3n) is 4.48. The molecule has 0 unspecified atom stereocenters. The predicted molar refractivity (Wildman–Crippen MR) is 75.8 cm³/mol. The molecule has 6 heteroatoms. The first-order valence-corrected chi connectivity index (χ1v) is 7.66. The smallest absolute Gasteiger partial charge is 0.410 e. The van der Waals surface area contributed by atoms with Crippen molar-refractivity contribution >= 4 is 12.0 Å². The summed E-state index contributed by atoms with van der Waals surface area (Å²) in [6.45, 7) is 9.21. The molecular weight excluding hydrogens is 272 g/mol. The van der Waals surface area contributed by atoms with Gasteiger partial charge in [-0.2, -0.15) is 0 Å². The van der Waals surface area contributed by atoms with Gasteiger partial charge in [0.1, 0.15) is 11.6 Å². The van der Waals surface area contributed by atoms with Crippen LogP contribution in [0.5, 0.6) is 0 Å². The summed E-state index contributed by atoms with van der Waals surface area (Å²) < 4.78 is 10.8. The van der Waals surface area contributed by atoms with Crippen molar-refractivity contribution in [3.8, 4) is 0 Å². The van der Waals surface area contributed by atoms with E-state index in [9.17, 15) is 9.59 Å². The molecule has 0 radical (unpaired) electrons. The van der Waals surface area contributed by atoms with Gasteiger partial charge < -0.3 is 14.4 Å². The fourth-order valence-corrected chi connectivity index (χ4v) is 3.21. The topological polar surface area (TPSA) is 59.1 Å². The lowest BCUT2D eigenvalue weighted by Gasteiger charge is -2.51. The van der Waals surface area contributed by atoms with Gasteiger partial charge in [0.05, 0.1) is 6.61 Å². The molecule has 21 heavy (non-hydrogen) atoms. The third-order valence-corrected chi connectivity index (χ3v) is 4.48. The van der Waals surface area contributed by atoms with Crippen molar-refractivity contribution in [2.75, 3.05) is 32.8 Å². The van der Waals surface area contributed by atoms with Gasteiger partial charge in [0.2, 0.25) is 5.91 Å². The lowest BCUT2D eigenvalue weighted by molar-refractivity contribution is -0.153. The first kappa shape index (κ1) is 14.6. The van der Waals surface area contributed by atoms with E-state index in [1.165, 1.54) is 0 Å². The summed E-state index contributed by atoms with van der Waals surface area (Å²) in [7, 11) is 0. The maximum absolute atomic E-state index is 12.5. The second-order valence-electron chi connectivity index (χ2n) is 7.48. The van der Waals surface area contributed by atoms with E-state index in [1.54, 1.807) is 4.90 Å². The molecule has 1 atom stereocenters. The van der Waals surface area contributed by atoms with Crippen LogP contribution < -0.4 is 0 Å². The standard InChI is InChI=1S/C15H24N2O4/c1-14(2,3)21-13(19)17-6-4-11(17)12(18)16-8-15(9-16)5-7-20-10-15/h11H,4-10H2,1-3H3/t11-/m1/s1. The van der Waals surface area contributed by atoms with Crippen LogP contribution in [0.1, 0.15) is 33.6 Å². The highest BCUT2D eigenvalue weighted by Gasteiger charge is 2.51. The molecule has 3 saturated heterocycles. The molecule has 0 aromatic rings. The molecule has 3 rings (SSSR count). The number of carbonyl (C=O) groups is 2. The summed E-state index contributed by atoms with van der Waals surface area (Å²) >= 11 is 0. The molecule has 118 valence electrons. The van der Waals surface area contributed by atoms with E-state index in [0.717, 1.165) is 39.1 Å². The Morgan fingerprint density at radius 2 is 2.00 bits per heavy atom. The Balaban J connectivity index is 1.53. The van der Waals surface area contributed by atoms with E-state index in [1.807, 2.05) is 25.7 Å². The predicted octanol–water partition coefficient (Wildman–Crippen LogP) is 1.24. The first-order chi connectivity index (χ1) is 9.80. The van der Waals surface area contributed by atoms with Gasteiger partial charge in [-0.05, 0) is 33.6 Å². The van der Waals surface area contributed by atoms with Crippen LogP contribution in [-0.4, -0.2) is 66.3 Å². The minimum atomic E-state index is -0.526. The summed E-state index contributed by atoms with van der Waals surface area (Å²) in [5.74, 6) is 0.0598. The van der Waals surface area contributed by atoms with Gasteiger partial charge in [0.15, 0.2) is 0 Å². The van der Waals surface area contributed by atoms with Crippen molar-refractivity contribution in [1.29, 1.82) is 0 Å². The lowest BCUT2D eigenvalue weighted by Crippen LogP contribution is -2.66. The van der Waals surface area contributed by atoms with Crippen LogP contribution >= 0.6 is 0 Å². The van der Waals surface area contributed by atoms with Crippen molar-refractivity contribution in [2.45, 2.75) is 45.3 Å². The molecule has 0 N–H and O–H groups in total. The number of amides is 2. The van der Waals surface area contributed by atoms with Gasteiger partial charge in [-0.3, -0.25) is 9.69 Å². The molecule has 3 aliphatic rings. The fraction of sp³-hybridized carbons (Fsp3) is 0.867. The highest BCUT2D eigenvalue weighted by Crippen LogP contribution is 2.39. The fourth-order valence-electron chi connectivity index (χ4n) is 3.21. The van der Waals surface area contributed by atoms with Crippen LogP contribution in [-0.2, 0) is 14.3 Å². The van der Waals surface area contributed by atoms with Crippen LogP contribution in [0.25, 0.3) is 0 Å². The van der Waals surface area contributed by atoms with Gasteiger partial charge in [-0.15, -0.1) is 0 Å². The monoisotopic (exact) mass is 296 g/mol. The van der Waals surface area contributed by atoms with E-state index >= 15 is 0 Å². The molecule has 0 saturated carbocycles. The average molecular weight is 296 g/mol. The van der Waals surface area contributed by atoms with Crippen molar-refractivity contribution in [1.82, 2.24) is 9.80 Å². The summed E-state index contributed by atoms with van der Waals surface area (Å²) in [6, 6.07) is -0.334. The summed E-state index contributed by atoms with van der Waals surface area (Å²) in [6.07, 6.45) is 1.39. The van der Waals surface area contributed by atoms with Gasteiger partial charge in [0, 0.05) is 31.7 Å². The minimum absolute atomic E-state index is 0.0598. The third kappa shape index (κ3) is 2.73.